The second-order valence-electron chi connectivity index (χ2n) is 7.75. The second kappa shape index (κ2) is 10.5. The van der Waals surface area contributed by atoms with E-state index in [2.05, 4.69) is 5.32 Å². The lowest BCUT2D eigenvalue weighted by Gasteiger charge is -2.24. The number of rotatable bonds is 10. The summed E-state index contributed by atoms with van der Waals surface area (Å²) < 4.78 is 31.3. The molecule has 0 aliphatic heterocycles. The van der Waals surface area contributed by atoms with E-state index < -0.39 is 10.0 Å². The summed E-state index contributed by atoms with van der Waals surface area (Å²) in [7, 11) is -3.58. The SMILES string of the molecule is Cc1cccc(N(CC(=O)NCCCc2ccc(OC(C)C)cc2)S(C)(=O)=O)c1C. The highest BCUT2D eigenvalue weighted by molar-refractivity contribution is 7.92. The summed E-state index contributed by atoms with van der Waals surface area (Å²) in [5, 5.41) is 2.83. The fourth-order valence-corrected chi connectivity index (χ4v) is 4.01. The van der Waals surface area contributed by atoms with Crippen molar-refractivity contribution in [3.05, 3.63) is 59.2 Å². The predicted molar refractivity (Wildman–Crippen MR) is 122 cm³/mol. The molecule has 0 atom stereocenters. The summed E-state index contributed by atoms with van der Waals surface area (Å²) in [6, 6.07) is 13.4. The van der Waals surface area contributed by atoms with Gasteiger partial charge in [-0.15, -0.1) is 0 Å². The van der Waals surface area contributed by atoms with Crippen LogP contribution in [-0.2, 0) is 21.2 Å². The first kappa shape index (κ1) is 23.7. The molecule has 2 aromatic rings. The lowest BCUT2D eigenvalue weighted by Crippen LogP contribution is -2.41. The zero-order valence-electron chi connectivity index (χ0n) is 18.4. The first-order chi connectivity index (χ1) is 14.1. The first-order valence-corrected chi connectivity index (χ1v) is 12.0. The maximum Gasteiger partial charge on any atom is 0.240 e. The molecule has 7 heteroatoms. The Morgan fingerprint density at radius 1 is 1.10 bits per heavy atom. The maximum atomic E-state index is 12.4. The summed E-state index contributed by atoms with van der Waals surface area (Å²) in [4.78, 5) is 12.4. The zero-order chi connectivity index (χ0) is 22.3. The van der Waals surface area contributed by atoms with Gasteiger partial charge in [-0.1, -0.05) is 24.3 Å². The van der Waals surface area contributed by atoms with Crippen LogP contribution in [0.3, 0.4) is 0 Å². The van der Waals surface area contributed by atoms with Crippen molar-refractivity contribution in [2.75, 3.05) is 23.7 Å². The molecule has 0 aliphatic rings. The smallest absolute Gasteiger partial charge is 0.240 e. The Balaban J connectivity index is 1.88. The molecule has 0 saturated carbocycles. The van der Waals surface area contributed by atoms with E-state index in [4.69, 9.17) is 4.74 Å². The highest BCUT2D eigenvalue weighted by atomic mass is 32.2. The lowest BCUT2D eigenvalue weighted by molar-refractivity contribution is -0.119. The van der Waals surface area contributed by atoms with Crippen molar-refractivity contribution < 1.29 is 17.9 Å². The fourth-order valence-electron chi connectivity index (χ4n) is 3.10. The number of benzene rings is 2. The summed E-state index contributed by atoms with van der Waals surface area (Å²) in [5.41, 5.74) is 3.52. The maximum absolute atomic E-state index is 12.4. The van der Waals surface area contributed by atoms with Crippen molar-refractivity contribution in [3.63, 3.8) is 0 Å². The number of aryl methyl sites for hydroxylation is 2. The van der Waals surface area contributed by atoms with Crippen LogP contribution in [0.1, 0.15) is 37.0 Å². The zero-order valence-corrected chi connectivity index (χ0v) is 19.3. The minimum Gasteiger partial charge on any atom is -0.491 e. The van der Waals surface area contributed by atoms with Crippen LogP contribution in [0.5, 0.6) is 5.75 Å². The summed E-state index contributed by atoms with van der Waals surface area (Å²) in [5.74, 6) is 0.524. The van der Waals surface area contributed by atoms with Crippen molar-refractivity contribution in [1.29, 1.82) is 0 Å². The van der Waals surface area contributed by atoms with E-state index in [1.54, 1.807) is 12.1 Å². The van der Waals surface area contributed by atoms with Crippen LogP contribution in [0.25, 0.3) is 0 Å². The van der Waals surface area contributed by atoms with Gasteiger partial charge >= 0.3 is 0 Å². The van der Waals surface area contributed by atoms with E-state index in [0.717, 1.165) is 45.8 Å². The molecule has 1 amide bonds. The Hall–Kier alpha value is -2.54. The molecule has 0 unspecified atom stereocenters. The van der Waals surface area contributed by atoms with E-state index in [1.165, 1.54) is 0 Å². The van der Waals surface area contributed by atoms with Crippen LogP contribution in [0, 0.1) is 13.8 Å². The van der Waals surface area contributed by atoms with Crippen LogP contribution in [0.4, 0.5) is 5.69 Å². The van der Waals surface area contributed by atoms with E-state index in [-0.39, 0.29) is 18.6 Å². The van der Waals surface area contributed by atoms with Crippen molar-refractivity contribution >= 4 is 21.6 Å². The highest BCUT2D eigenvalue weighted by Crippen LogP contribution is 2.24. The van der Waals surface area contributed by atoms with Crippen LogP contribution < -0.4 is 14.4 Å². The van der Waals surface area contributed by atoms with Gasteiger partial charge in [0.25, 0.3) is 0 Å². The van der Waals surface area contributed by atoms with Gasteiger partial charge < -0.3 is 10.1 Å². The quantitative estimate of drug-likeness (QED) is 0.582. The Morgan fingerprint density at radius 3 is 2.37 bits per heavy atom. The molecule has 2 aromatic carbocycles. The molecule has 0 bridgehead atoms. The Morgan fingerprint density at radius 2 is 1.77 bits per heavy atom. The van der Waals surface area contributed by atoms with Crippen LogP contribution in [0.15, 0.2) is 42.5 Å². The number of carbonyl (C=O) groups excluding carboxylic acids is 1. The molecular formula is C23H32N2O4S. The average molecular weight is 433 g/mol. The molecule has 0 radical (unpaired) electrons. The molecule has 30 heavy (non-hydrogen) atoms. The molecule has 0 fully saturated rings. The van der Waals surface area contributed by atoms with Crippen molar-refractivity contribution in [2.24, 2.45) is 0 Å². The van der Waals surface area contributed by atoms with E-state index >= 15 is 0 Å². The van der Waals surface area contributed by atoms with Gasteiger partial charge in [0.05, 0.1) is 18.0 Å². The Labute approximate surface area is 180 Å². The van der Waals surface area contributed by atoms with Gasteiger partial charge in [0.2, 0.25) is 15.9 Å². The van der Waals surface area contributed by atoms with Gasteiger partial charge in [-0.25, -0.2) is 8.42 Å². The molecule has 6 nitrogen and oxygen atoms in total. The number of hydrogen-bond acceptors (Lipinski definition) is 4. The average Bonchev–Trinajstić information content (AvgIpc) is 2.66. The van der Waals surface area contributed by atoms with Gasteiger partial charge in [-0.3, -0.25) is 9.10 Å². The number of anilines is 1. The molecule has 0 aliphatic carbocycles. The molecule has 0 spiro atoms. The number of ether oxygens (including phenoxy) is 1. The molecular weight excluding hydrogens is 400 g/mol. The Bertz CT molecular complexity index is 954. The number of amides is 1. The number of hydrogen-bond donors (Lipinski definition) is 1. The third-order valence-electron chi connectivity index (χ3n) is 4.79. The molecule has 0 aromatic heterocycles. The molecule has 0 saturated heterocycles. The number of nitrogens with zero attached hydrogens (tertiary/aromatic N) is 1. The van der Waals surface area contributed by atoms with Gasteiger partial charge in [0, 0.05) is 6.54 Å². The van der Waals surface area contributed by atoms with Gasteiger partial charge in [0.1, 0.15) is 12.3 Å². The minimum atomic E-state index is -3.58. The van der Waals surface area contributed by atoms with Gasteiger partial charge in [-0.2, -0.15) is 0 Å². The first-order valence-electron chi connectivity index (χ1n) is 10.1. The number of nitrogens with one attached hydrogen (secondary N) is 1. The number of sulfonamides is 1. The third-order valence-corrected chi connectivity index (χ3v) is 5.92. The monoisotopic (exact) mass is 432 g/mol. The van der Waals surface area contributed by atoms with E-state index in [1.807, 2.05) is 58.0 Å². The molecule has 164 valence electrons. The van der Waals surface area contributed by atoms with Crippen molar-refractivity contribution in [2.45, 2.75) is 46.6 Å². The largest absolute Gasteiger partial charge is 0.491 e. The van der Waals surface area contributed by atoms with Gasteiger partial charge in [-0.05, 0) is 75.4 Å². The van der Waals surface area contributed by atoms with E-state index in [0.29, 0.717) is 12.2 Å². The molecule has 0 heterocycles. The molecule has 1 N–H and O–H groups in total. The lowest BCUT2D eigenvalue weighted by atomic mass is 10.1. The van der Waals surface area contributed by atoms with E-state index in [9.17, 15) is 13.2 Å². The standard InChI is InChI=1S/C23H32N2O4S/c1-17(2)29-21-13-11-20(12-14-21)9-7-15-24-23(26)16-25(30(5,27)28)22-10-6-8-18(3)19(22)4/h6,8,10-14,17H,7,9,15-16H2,1-5H3,(H,24,26). The van der Waals surface area contributed by atoms with Crippen LogP contribution in [0.2, 0.25) is 0 Å². The minimum absolute atomic E-state index is 0.140. The second-order valence-corrected chi connectivity index (χ2v) is 9.66. The van der Waals surface area contributed by atoms with Crippen molar-refractivity contribution in [1.82, 2.24) is 5.32 Å². The third kappa shape index (κ3) is 7.06. The van der Waals surface area contributed by atoms with Gasteiger partial charge in [0.15, 0.2) is 0 Å². The normalized spacial score (nSPS) is 11.4. The number of carbonyl (C=O) groups is 1. The summed E-state index contributed by atoms with van der Waals surface area (Å²) in [6.45, 7) is 8.00. The van der Waals surface area contributed by atoms with Crippen LogP contribution in [-0.4, -0.2) is 39.8 Å². The topological polar surface area (TPSA) is 75.7 Å². The highest BCUT2D eigenvalue weighted by Gasteiger charge is 2.22. The molecule has 2 rings (SSSR count). The van der Waals surface area contributed by atoms with Crippen LogP contribution >= 0.6 is 0 Å². The van der Waals surface area contributed by atoms with Crippen molar-refractivity contribution in [3.8, 4) is 5.75 Å². The Kier molecular flexibility index (Phi) is 8.29. The fraction of sp³-hybridized carbons (Fsp3) is 0.435. The predicted octanol–water partition coefficient (Wildman–Crippen LogP) is 3.61. The summed E-state index contributed by atoms with van der Waals surface area (Å²) in [6.07, 6.45) is 2.84. The summed E-state index contributed by atoms with van der Waals surface area (Å²) >= 11 is 0.